The summed E-state index contributed by atoms with van der Waals surface area (Å²) in [4.78, 5) is 17.1. The number of methoxy groups -OCH3 is 1. The van der Waals surface area contributed by atoms with Gasteiger partial charge in [0, 0.05) is 24.6 Å². The van der Waals surface area contributed by atoms with E-state index in [9.17, 15) is 4.79 Å². The Labute approximate surface area is 171 Å². The van der Waals surface area contributed by atoms with Gasteiger partial charge in [0.05, 0.1) is 30.1 Å². The number of rotatable bonds is 8. The van der Waals surface area contributed by atoms with Gasteiger partial charge in [0.1, 0.15) is 6.61 Å². The van der Waals surface area contributed by atoms with Gasteiger partial charge in [-0.15, -0.1) is 0 Å². The van der Waals surface area contributed by atoms with Crippen LogP contribution in [0.25, 0.3) is 0 Å². The zero-order valence-corrected chi connectivity index (χ0v) is 17.3. The zero-order chi connectivity index (χ0) is 20.8. The Hall–Kier alpha value is -3.12. The molecule has 0 fully saturated rings. The molecule has 2 heterocycles. The normalized spacial score (nSPS) is 11.9. The third-order valence-corrected chi connectivity index (χ3v) is 4.93. The van der Waals surface area contributed by atoms with Gasteiger partial charge in [-0.3, -0.25) is 4.79 Å². The topological polar surface area (TPSA) is 65.4 Å². The number of anilines is 1. The minimum atomic E-state index is -0.153. The summed E-state index contributed by atoms with van der Waals surface area (Å²) in [6.45, 7) is 7.07. The van der Waals surface area contributed by atoms with Crippen LogP contribution in [0.2, 0.25) is 0 Å². The number of nitrogens with one attached hydrogen (secondary N) is 1. The molecule has 0 aliphatic carbocycles. The van der Waals surface area contributed by atoms with Crippen LogP contribution in [0, 0.1) is 13.8 Å². The van der Waals surface area contributed by atoms with Gasteiger partial charge in [-0.1, -0.05) is 30.3 Å². The van der Waals surface area contributed by atoms with E-state index in [0.717, 1.165) is 11.4 Å². The Morgan fingerprint density at radius 3 is 2.55 bits per heavy atom. The van der Waals surface area contributed by atoms with E-state index < -0.39 is 0 Å². The van der Waals surface area contributed by atoms with Gasteiger partial charge in [-0.05, 0) is 38.5 Å². The highest BCUT2D eigenvalue weighted by Gasteiger charge is 2.19. The molecule has 152 valence electrons. The molecule has 3 rings (SSSR count). The predicted octanol–water partition coefficient (Wildman–Crippen LogP) is 4.39. The largest absolute Gasteiger partial charge is 0.475 e. The van der Waals surface area contributed by atoms with Crippen LogP contribution in [0.15, 0.2) is 54.7 Å². The lowest BCUT2D eigenvalue weighted by Gasteiger charge is -2.19. The van der Waals surface area contributed by atoms with Crippen LogP contribution in [-0.4, -0.2) is 35.8 Å². The van der Waals surface area contributed by atoms with Crippen LogP contribution in [0.4, 0.5) is 5.69 Å². The summed E-state index contributed by atoms with van der Waals surface area (Å²) in [5.74, 6) is 0.342. The number of carbonyl (C=O) groups excluding carboxylic acids is 1. The van der Waals surface area contributed by atoms with Gasteiger partial charge in [-0.2, -0.15) is 0 Å². The monoisotopic (exact) mass is 393 g/mol. The Bertz CT molecular complexity index is 950. The molecule has 0 saturated heterocycles. The maximum Gasteiger partial charge on any atom is 0.257 e. The molecule has 6 heteroatoms. The molecule has 1 amide bonds. The summed E-state index contributed by atoms with van der Waals surface area (Å²) in [6.07, 6.45) is 1.59. The Morgan fingerprint density at radius 1 is 1.14 bits per heavy atom. The van der Waals surface area contributed by atoms with E-state index in [2.05, 4.69) is 33.9 Å². The lowest BCUT2D eigenvalue weighted by Crippen LogP contribution is -2.15. The van der Waals surface area contributed by atoms with Crippen molar-refractivity contribution < 1.29 is 14.3 Å². The van der Waals surface area contributed by atoms with E-state index in [4.69, 9.17) is 9.47 Å². The minimum Gasteiger partial charge on any atom is -0.475 e. The van der Waals surface area contributed by atoms with E-state index in [-0.39, 0.29) is 11.9 Å². The summed E-state index contributed by atoms with van der Waals surface area (Å²) in [5.41, 5.74) is 4.46. The van der Waals surface area contributed by atoms with Gasteiger partial charge < -0.3 is 19.4 Å². The number of aromatic nitrogens is 2. The third kappa shape index (κ3) is 4.84. The van der Waals surface area contributed by atoms with Crippen molar-refractivity contribution in [3.8, 4) is 5.88 Å². The second-order valence-corrected chi connectivity index (χ2v) is 6.92. The molecule has 6 nitrogen and oxygen atoms in total. The minimum absolute atomic E-state index is 0.142. The van der Waals surface area contributed by atoms with Crippen molar-refractivity contribution in [1.29, 1.82) is 0 Å². The molecule has 0 spiro atoms. The average Bonchev–Trinajstić information content (AvgIpc) is 3.04. The molecule has 0 aliphatic heterocycles. The van der Waals surface area contributed by atoms with Crippen molar-refractivity contribution in [3.05, 3.63) is 77.2 Å². The SMILES string of the molecule is COCCOc1ccc(NC(=O)c2cc(C)n(C(C)c3ccccc3)c2C)cn1. The standard InChI is InChI=1S/C23H27N3O3/c1-16-14-21(18(3)26(16)17(2)19-8-6-5-7-9-19)23(27)25-20-10-11-22(24-15-20)29-13-12-28-4/h5-11,14-15,17H,12-13H2,1-4H3,(H,25,27). The van der Waals surface area contributed by atoms with E-state index in [1.54, 1.807) is 25.4 Å². The van der Waals surface area contributed by atoms with Crippen LogP contribution in [0.3, 0.4) is 0 Å². The molecule has 29 heavy (non-hydrogen) atoms. The van der Waals surface area contributed by atoms with Crippen molar-refractivity contribution in [1.82, 2.24) is 9.55 Å². The van der Waals surface area contributed by atoms with Crippen molar-refractivity contribution >= 4 is 11.6 Å². The smallest absolute Gasteiger partial charge is 0.257 e. The first-order valence-corrected chi connectivity index (χ1v) is 9.63. The first kappa shape index (κ1) is 20.6. The van der Waals surface area contributed by atoms with Crippen LogP contribution < -0.4 is 10.1 Å². The first-order valence-electron chi connectivity index (χ1n) is 9.63. The number of benzene rings is 1. The maximum atomic E-state index is 12.9. The second-order valence-electron chi connectivity index (χ2n) is 6.92. The maximum absolute atomic E-state index is 12.9. The number of hydrogen-bond donors (Lipinski definition) is 1. The molecule has 0 aliphatic rings. The summed E-state index contributed by atoms with van der Waals surface area (Å²) in [6, 6.07) is 15.8. The van der Waals surface area contributed by atoms with Crippen LogP contribution in [0.1, 0.15) is 40.3 Å². The zero-order valence-electron chi connectivity index (χ0n) is 17.3. The fraction of sp³-hybridized carbons (Fsp3) is 0.304. The van der Waals surface area contributed by atoms with Gasteiger partial charge in [0.25, 0.3) is 5.91 Å². The summed E-state index contributed by atoms with van der Waals surface area (Å²) < 4.78 is 12.6. The number of amides is 1. The van der Waals surface area contributed by atoms with E-state index in [1.165, 1.54) is 5.56 Å². The molecule has 0 bridgehead atoms. The Kier molecular flexibility index (Phi) is 6.67. The number of pyridine rings is 1. The van der Waals surface area contributed by atoms with Crippen LogP contribution in [0.5, 0.6) is 5.88 Å². The summed E-state index contributed by atoms with van der Waals surface area (Å²) in [7, 11) is 1.62. The van der Waals surface area contributed by atoms with Crippen LogP contribution in [-0.2, 0) is 4.74 Å². The molecular weight excluding hydrogens is 366 g/mol. The number of aryl methyl sites for hydroxylation is 1. The third-order valence-electron chi connectivity index (χ3n) is 4.93. The molecule has 1 N–H and O–H groups in total. The highest BCUT2D eigenvalue weighted by Crippen LogP contribution is 2.26. The summed E-state index contributed by atoms with van der Waals surface area (Å²) in [5, 5.41) is 2.92. The van der Waals surface area contributed by atoms with E-state index in [1.807, 2.05) is 38.1 Å². The highest BCUT2D eigenvalue weighted by molar-refractivity contribution is 6.05. The number of nitrogens with zero attached hydrogens (tertiary/aromatic N) is 2. The molecular formula is C23H27N3O3. The van der Waals surface area contributed by atoms with Gasteiger partial charge >= 0.3 is 0 Å². The molecule has 0 radical (unpaired) electrons. The average molecular weight is 393 g/mol. The highest BCUT2D eigenvalue weighted by atomic mass is 16.5. The quantitative estimate of drug-likeness (QED) is 0.577. The Balaban J connectivity index is 1.73. The van der Waals surface area contributed by atoms with Gasteiger partial charge in [0.2, 0.25) is 5.88 Å². The Morgan fingerprint density at radius 2 is 1.90 bits per heavy atom. The molecule has 1 atom stereocenters. The lowest BCUT2D eigenvalue weighted by molar-refractivity contribution is 0.102. The molecule has 3 aromatic rings. The van der Waals surface area contributed by atoms with Crippen molar-refractivity contribution in [2.75, 3.05) is 25.6 Å². The molecule has 1 aromatic carbocycles. The van der Waals surface area contributed by atoms with Gasteiger partial charge in [0.15, 0.2) is 0 Å². The van der Waals surface area contributed by atoms with E-state index >= 15 is 0 Å². The number of hydrogen-bond acceptors (Lipinski definition) is 4. The second kappa shape index (κ2) is 9.39. The van der Waals surface area contributed by atoms with Crippen LogP contribution >= 0.6 is 0 Å². The summed E-state index contributed by atoms with van der Waals surface area (Å²) >= 11 is 0. The molecule has 2 aromatic heterocycles. The number of carbonyl (C=O) groups is 1. The molecule has 0 saturated carbocycles. The first-order chi connectivity index (χ1) is 14.0. The predicted molar refractivity (Wildman–Crippen MR) is 114 cm³/mol. The fourth-order valence-electron chi connectivity index (χ4n) is 3.45. The van der Waals surface area contributed by atoms with Gasteiger partial charge in [-0.25, -0.2) is 4.98 Å². The van der Waals surface area contributed by atoms with E-state index in [0.29, 0.717) is 30.3 Å². The van der Waals surface area contributed by atoms with Crippen molar-refractivity contribution in [2.45, 2.75) is 26.8 Å². The lowest BCUT2D eigenvalue weighted by atomic mass is 10.1. The number of ether oxygens (including phenoxy) is 2. The van der Waals surface area contributed by atoms with Crippen molar-refractivity contribution in [2.24, 2.45) is 0 Å². The fourth-order valence-corrected chi connectivity index (χ4v) is 3.45. The molecule has 1 unspecified atom stereocenters. The van der Waals surface area contributed by atoms with Crippen molar-refractivity contribution in [3.63, 3.8) is 0 Å².